The maximum Gasteiger partial charge on any atom is 0.345 e. The van der Waals surface area contributed by atoms with Crippen molar-refractivity contribution >= 4 is 41.3 Å². The summed E-state index contributed by atoms with van der Waals surface area (Å²) in [4.78, 5) is 24.6. The van der Waals surface area contributed by atoms with Crippen LogP contribution in [0.5, 0.6) is 11.5 Å². The quantitative estimate of drug-likeness (QED) is 0.155. The fourth-order valence-corrected chi connectivity index (χ4v) is 3.05. The first-order valence-corrected chi connectivity index (χ1v) is 10.2. The first kappa shape index (κ1) is 23.1. The molecule has 0 aliphatic carbocycles. The predicted molar refractivity (Wildman–Crippen MR) is 125 cm³/mol. The summed E-state index contributed by atoms with van der Waals surface area (Å²) < 4.78 is 10.7. The molecule has 0 spiro atoms. The second kappa shape index (κ2) is 11.1. The van der Waals surface area contributed by atoms with E-state index in [1.165, 1.54) is 18.3 Å². The molecule has 1 N–H and O–H groups in total. The molecule has 0 heterocycles. The Morgan fingerprint density at radius 3 is 2.50 bits per heavy atom. The third-order valence-electron chi connectivity index (χ3n) is 4.08. The molecule has 3 aromatic rings. The number of rotatable bonds is 8. The van der Waals surface area contributed by atoms with Gasteiger partial charge >= 0.3 is 5.97 Å². The van der Waals surface area contributed by atoms with Gasteiger partial charge in [-0.2, -0.15) is 5.10 Å². The molecule has 3 aromatic carbocycles. The molecule has 0 fully saturated rings. The summed E-state index contributed by atoms with van der Waals surface area (Å²) in [5, 5.41) is 4.56. The first-order chi connectivity index (χ1) is 15.5. The average molecular weight is 469 g/mol. The molecule has 0 bridgehead atoms. The van der Waals surface area contributed by atoms with Gasteiger partial charge in [-0.1, -0.05) is 48.0 Å². The van der Waals surface area contributed by atoms with E-state index in [9.17, 15) is 9.59 Å². The Bertz CT molecular complexity index is 1160. The van der Waals surface area contributed by atoms with E-state index in [2.05, 4.69) is 17.1 Å². The summed E-state index contributed by atoms with van der Waals surface area (Å²) in [6.45, 7) is 3.97. The van der Waals surface area contributed by atoms with Crippen molar-refractivity contribution in [3.05, 3.63) is 106 Å². The highest BCUT2D eigenvalue weighted by atomic mass is 35.5. The molecule has 0 atom stereocenters. The summed E-state index contributed by atoms with van der Waals surface area (Å²) in [5.41, 5.74) is 3.69. The Morgan fingerprint density at radius 1 is 1.00 bits per heavy atom. The molecule has 0 saturated heterocycles. The number of esters is 1. The van der Waals surface area contributed by atoms with Gasteiger partial charge in [0.2, 0.25) is 0 Å². The first-order valence-electron chi connectivity index (χ1n) is 9.41. The third-order valence-corrected chi connectivity index (χ3v) is 4.63. The average Bonchev–Trinajstić information content (AvgIpc) is 2.78. The lowest BCUT2D eigenvalue weighted by Crippen LogP contribution is -2.17. The highest BCUT2D eigenvalue weighted by Gasteiger charge is 2.13. The van der Waals surface area contributed by atoms with Gasteiger partial charge in [0.25, 0.3) is 5.91 Å². The molecular weight excluding hydrogens is 451 g/mol. The maximum absolute atomic E-state index is 12.3. The second-order valence-corrected chi connectivity index (χ2v) is 7.25. The number of hydrazone groups is 1. The summed E-state index contributed by atoms with van der Waals surface area (Å²) in [6.07, 6.45) is 3.07. The molecule has 0 aromatic heterocycles. The fourth-order valence-electron chi connectivity index (χ4n) is 2.56. The molecule has 3 rings (SSSR count). The zero-order chi connectivity index (χ0) is 22.9. The van der Waals surface area contributed by atoms with Gasteiger partial charge in [0.05, 0.1) is 16.8 Å². The van der Waals surface area contributed by atoms with Crippen LogP contribution < -0.4 is 14.9 Å². The summed E-state index contributed by atoms with van der Waals surface area (Å²) in [5.74, 6) is -0.0614. The Kier molecular flexibility index (Phi) is 8.02. The lowest BCUT2D eigenvalue weighted by molar-refractivity contribution is 0.0734. The molecule has 0 radical (unpaired) electrons. The Morgan fingerprint density at radius 2 is 1.78 bits per heavy atom. The van der Waals surface area contributed by atoms with E-state index in [-0.39, 0.29) is 16.5 Å². The molecule has 8 heteroatoms. The zero-order valence-corrected chi connectivity index (χ0v) is 18.3. The SMILES string of the molecule is C=CCOc1ccc(C(=O)N/N=C\c2cccc(OC(=O)c3ccc(Cl)cc3Cl)c2)cc1. The molecule has 0 aliphatic rings. The number of nitrogens with zero attached hydrogens (tertiary/aromatic N) is 1. The third kappa shape index (κ3) is 6.44. The van der Waals surface area contributed by atoms with E-state index in [4.69, 9.17) is 32.7 Å². The van der Waals surface area contributed by atoms with Gasteiger partial charge in [-0.25, -0.2) is 10.2 Å². The summed E-state index contributed by atoms with van der Waals surface area (Å²) in [7, 11) is 0. The number of ether oxygens (including phenoxy) is 2. The monoisotopic (exact) mass is 468 g/mol. The van der Waals surface area contributed by atoms with Crippen LogP contribution in [0.15, 0.2) is 84.5 Å². The molecule has 1 amide bonds. The molecule has 0 saturated carbocycles. The van der Waals surface area contributed by atoms with Crippen LogP contribution in [-0.4, -0.2) is 24.7 Å². The Hall–Kier alpha value is -3.61. The van der Waals surface area contributed by atoms with E-state index in [1.807, 2.05) is 0 Å². The van der Waals surface area contributed by atoms with Gasteiger partial charge in [-0.3, -0.25) is 4.79 Å². The largest absolute Gasteiger partial charge is 0.490 e. The molecule has 0 unspecified atom stereocenters. The van der Waals surface area contributed by atoms with Crippen molar-refractivity contribution in [2.24, 2.45) is 5.10 Å². The van der Waals surface area contributed by atoms with Crippen LogP contribution in [-0.2, 0) is 0 Å². The Balaban J connectivity index is 1.59. The number of nitrogens with one attached hydrogen (secondary N) is 1. The smallest absolute Gasteiger partial charge is 0.345 e. The van der Waals surface area contributed by atoms with Crippen LogP contribution in [0.4, 0.5) is 0 Å². The highest BCUT2D eigenvalue weighted by molar-refractivity contribution is 6.36. The van der Waals surface area contributed by atoms with Crippen LogP contribution in [0.25, 0.3) is 0 Å². The fraction of sp³-hybridized carbons (Fsp3) is 0.0417. The minimum atomic E-state index is -0.616. The van der Waals surface area contributed by atoms with Gasteiger partial charge in [0, 0.05) is 10.6 Å². The van der Waals surface area contributed by atoms with Gasteiger partial charge in [0.1, 0.15) is 18.1 Å². The maximum atomic E-state index is 12.3. The van der Waals surface area contributed by atoms with Gasteiger partial charge in [0.15, 0.2) is 0 Å². The molecule has 0 aliphatic heterocycles. The van der Waals surface area contributed by atoms with E-state index in [0.717, 1.165) is 0 Å². The Labute approximate surface area is 195 Å². The predicted octanol–water partition coefficient (Wildman–Crippen LogP) is 5.54. The number of carbonyl (C=O) groups is 2. The van der Waals surface area contributed by atoms with Crippen molar-refractivity contribution in [1.29, 1.82) is 0 Å². The van der Waals surface area contributed by atoms with E-state index < -0.39 is 5.97 Å². The van der Waals surface area contributed by atoms with Crippen LogP contribution in [0, 0.1) is 0 Å². The minimum Gasteiger partial charge on any atom is -0.490 e. The van der Waals surface area contributed by atoms with Crippen LogP contribution in [0.2, 0.25) is 10.0 Å². The number of benzene rings is 3. The van der Waals surface area contributed by atoms with Crippen LogP contribution >= 0.6 is 23.2 Å². The molecule has 162 valence electrons. The van der Waals surface area contributed by atoms with Crippen molar-refractivity contribution in [2.45, 2.75) is 0 Å². The normalized spacial score (nSPS) is 10.6. The van der Waals surface area contributed by atoms with Crippen molar-refractivity contribution < 1.29 is 19.1 Å². The van der Waals surface area contributed by atoms with Crippen LogP contribution in [0.1, 0.15) is 26.3 Å². The van der Waals surface area contributed by atoms with E-state index >= 15 is 0 Å². The molecule has 6 nitrogen and oxygen atoms in total. The number of carbonyl (C=O) groups excluding carboxylic acids is 2. The van der Waals surface area contributed by atoms with E-state index in [1.54, 1.807) is 60.7 Å². The molecule has 32 heavy (non-hydrogen) atoms. The van der Waals surface area contributed by atoms with Crippen molar-refractivity contribution in [3.63, 3.8) is 0 Å². The van der Waals surface area contributed by atoms with E-state index in [0.29, 0.717) is 34.3 Å². The van der Waals surface area contributed by atoms with Gasteiger partial charge in [-0.05, 0) is 60.2 Å². The number of amides is 1. The number of hydrogen-bond donors (Lipinski definition) is 1. The number of halogens is 2. The minimum absolute atomic E-state index is 0.197. The van der Waals surface area contributed by atoms with Crippen molar-refractivity contribution in [3.8, 4) is 11.5 Å². The summed E-state index contributed by atoms with van der Waals surface area (Å²) in [6, 6.07) is 17.8. The van der Waals surface area contributed by atoms with Gasteiger partial charge in [-0.15, -0.1) is 0 Å². The summed E-state index contributed by atoms with van der Waals surface area (Å²) >= 11 is 11.9. The lowest BCUT2D eigenvalue weighted by Gasteiger charge is -2.07. The van der Waals surface area contributed by atoms with Crippen molar-refractivity contribution in [2.75, 3.05) is 6.61 Å². The van der Waals surface area contributed by atoms with Crippen molar-refractivity contribution in [1.82, 2.24) is 5.43 Å². The highest BCUT2D eigenvalue weighted by Crippen LogP contribution is 2.23. The number of hydrogen-bond acceptors (Lipinski definition) is 5. The molecular formula is C24H18Cl2N2O4. The zero-order valence-electron chi connectivity index (χ0n) is 16.8. The second-order valence-electron chi connectivity index (χ2n) is 6.41. The van der Waals surface area contributed by atoms with Crippen LogP contribution in [0.3, 0.4) is 0 Å². The standard InChI is InChI=1S/C24H18Cl2N2O4/c1-2-12-31-19-9-6-17(7-10-19)23(29)28-27-15-16-4-3-5-20(13-16)32-24(30)21-11-8-18(25)14-22(21)26/h2-11,13-15H,1,12H2,(H,28,29)/b27-15-. The van der Waals surface area contributed by atoms with Gasteiger partial charge < -0.3 is 9.47 Å². The lowest BCUT2D eigenvalue weighted by atomic mass is 10.2. The topological polar surface area (TPSA) is 77.0 Å².